The maximum atomic E-state index is 13.6. The van der Waals surface area contributed by atoms with Crippen LogP contribution in [0.5, 0.6) is 0 Å². The van der Waals surface area contributed by atoms with E-state index >= 15 is 0 Å². The van der Waals surface area contributed by atoms with Crippen molar-refractivity contribution in [1.29, 1.82) is 0 Å². The van der Waals surface area contributed by atoms with Crippen LogP contribution in [0.1, 0.15) is 51.5 Å². The highest BCUT2D eigenvalue weighted by Gasteiger charge is 2.35. The number of anilines is 1. The molecule has 1 fully saturated rings. The van der Waals surface area contributed by atoms with Gasteiger partial charge in [-0.15, -0.1) is 0 Å². The molecule has 7 nitrogen and oxygen atoms in total. The summed E-state index contributed by atoms with van der Waals surface area (Å²) in [6.07, 6.45) is 5.35. The standard InChI is InChI=1S/C27H39ClN4O3S/c1-21(2)19-26(27(29)33)32(36(34,35)25-13-9-23(28)10-14-25)20-22-7-11-24(12-8-22)30-15-6-18-31-16-4-3-5-17-31/h7-14,21,26,30H,3-6,15-20H2,1-2H3,(H2,29,33)/t26-/m1/s1. The highest BCUT2D eigenvalue weighted by atomic mass is 35.5. The number of primary amides is 1. The van der Waals surface area contributed by atoms with Gasteiger partial charge in [-0.05, 0) is 93.2 Å². The third-order valence-corrected chi connectivity index (χ3v) is 8.63. The van der Waals surface area contributed by atoms with Gasteiger partial charge >= 0.3 is 0 Å². The SMILES string of the molecule is CC(C)C[C@H](C(N)=O)N(Cc1ccc(NCCCN2CCCCC2)cc1)S(=O)(=O)c1ccc(Cl)cc1. The topological polar surface area (TPSA) is 95.7 Å². The highest BCUT2D eigenvalue weighted by Crippen LogP contribution is 2.26. The van der Waals surface area contributed by atoms with Crippen molar-refractivity contribution in [2.75, 3.05) is 31.5 Å². The number of likely N-dealkylation sites (tertiary alicyclic amines) is 1. The van der Waals surface area contributed by atoms with E-state index in [1.165, 1.54) is 60.9 Å². The summed E-state index contributed by atoms with van der Waals surface area (Å²) in [5, 5.41) is 3.89. The van der Waals surface area contributed by atoms with Crippen molar-refractivity contribution in [3.63, 3.8) is 0 Å². The highest BCUT2D eigenvalue weighted by molar-refractivity contribution is 7.89. The molecule has 1 amide bonds. The van der Waals surface area contributed by atoms with Crippen LogP contribution in [0.25, 0.3) is 0 Å². The molecule has 2 aromatic carbocycles. The number of benzene rings is 2. The van der Waals surface area contributed by atoms with E-state index in [1.807, 2.05) is 38.1 Å². The number of carbonyl (C=O) groups excluding carboxylic acids is 1. The summed E-state index contributed by atoms with van der Waals surface area (Å²) >= 11 is 5.96. The molecule has 3 rings (SSSR count). The fourth-order valence-electron chi connectivity index (χ4n) is 4.55. The maximum absolute atomic E-state index is 13.6. The Morgan fingerprint density at radius 1 is 1.06 bits per heavy atom. The summed E-state index contributed by atoms with van der Waals surface area (Å²) in [5.74, 6) is -0.574. The molecule has 0 spiro atoms. The molecule has 1 saturated heterocycles. The second kappa shape index (κ2) is 13.4. The van der Waals surface area contributed by atoms with Crippen molar-refractivity contribution < 1.29 is 13.2 Å². The van der Waals surface area contributed by atoms with Crippen molar-refractivity contribution in [3.05, 3.63) is 59.1 Å². The Labute approximate surface area is 221 Å². The van der Waals surface area contributed by atoms with E-state index < -0.39 is 22.0 Å². The summed E-state index contributed by atoms with van der Waals surface area (Å²) in [7, 11) is -3.99. The van der Waals surface area contributed by atoms with Crippen LogP contribution in [-0.4, -0.2) is 55.8 Å². The number of piperidine rings is 1. The zero-order valence-corrected chi connectivity index (χ0v) is 22.9. The number of carbonyl (C=O) groups is 1. The minimum atomic E-state index is -3.99. The van der Waals surface area contributed by atoms with Crippen LogP contribution in [0, 0.1) is 5.92 Å². The van der Waals surface area contributed by atoms with Gasteiger partial charge in [0, 0.05) is 23.8 Å². The minimum absolute atomic E-state index is 0.0422. The monoisotopic (exact) mass is 534 g/mol. The average Bonchev–Trinajstić information content (AvgIpc) is 2.85. The first kappa shape index (κ1) is 28.4. The average molecular weight is 535 g/mol. The Bertz CT molecular complexity index is 1070. The molecule has 0 bridgehead atoms. The van der Waals surface area contributed by atoms with Crippen LogP contribution in [0.2, 0.25) is 5.02 Å². The number of halogens is 1. The van der Waals surface area contributed by atoms with Gasteiger partial charge in [0.1, 0.15) is 6.04 Å². The molecule has 0 aromatic heterocycles. The lowest BCUT2D eigenvalue weighted by atomic mass is 10.0. The lowest BCUT2D eigenvalue weighted by Crippen LogP contribution is -2.48. The number of nitrogens with two attached hydrogens (primary N) is 1. The van der Waals surface area contributed by atoms with Crippen molar-refractivity contribution >= 4 is 33.2 Å². The lowest BCUT2D eigenvalue weighted by molar-refractivity contribution is -0.122. The number of nitrogens with zero attached hydrogens (tertiary/aromatic N) is 2. The molecule has 9 heteroatoms. The molecular formula is C27H39ClN4O3S. The Balaban J connectivity index is 1.71. The van der Waals surface area contributed by atoms with E-state index in [4.69, 9.17) is 17.3 Å². The van der Waals surface area contributed by atoms with Gasteiger partial charge in [0.25, 0.3) is 0 Å². The third kappa shape index (κ3) is 8.20. The zero-order chi connectivity index (χ0) is 26.1. The Morgan fingerprint density at radius 2 is 1.69 bits per heavy atom. The Hall–Kier alpha value is -2.13. The molecule has 1 atom stereocenters. The molecule has 36 heavy (non-hydrogen) atoms. The molecule has 2 aromatic rings. The molecule has 198 valence electrons. The van der Waals surface area contributed by atoms with E-state index in [2.05, 4.69) is 10.2 Å². The van der Waals surface area contributed by atoms with Gasteiger partial charge in [-0.25, -0.2) is 8.42 Å². The second-order valence-corrected chi connectivity index (χ2v) is 12.3. The largest absolute Gasteiger partial charge is 0.385 e. The van der Waals surface area contributed by atoms with Crippen molar-refractivity contribution in [1.82, 2.24) is 9.21 Å². The van der Waals surface area contributed by atoms with Gasteiger partial charge in [-0.1, -0.05) is 44.0 Å². The van der Waals surface area contributed by atoms with Crippen LogP contribution in [-0.2, 0) is 21.4 Å². The summed E-state index contributed by atoms with van der Waals surface area (Å²) in [5.41, 5.74) is 7.47. The number of hydrogen-bond acceptors (Lipinski definition) is 5. The quantitative estimate of drug-likeness (QED) is 0.362. The maximum Gasteiger partial charge on any atom is 0.244 e. The van der Waals surface area contributed by atoms with Crippen LogP contribution < -0.4 is 11.1 Å². The smallest absolute Gasteiger partial charge is 0.244 e. The Kier molecular flexibility index (Phi) is 10.6. The van der Waals surface area contributed by atoms with E-state index in [0.29, 0.717) is 11.4 Å². The van der Waals surface area contributed by atoms with Gasteiger partial charge in [0.2, 0.25) is 15.9 Å². The molecule has 0 unspecified atom stereocenters. The number of nitrogens with one attached hydrogen (secondary N) is 1. The van der Waals surface area contributed by atoms with E-state index in [1.54, 1.807) is 0 Å². The number of hydrogen-bond donors (Lipinski definition) is 2. The molecular weight excluding hydrogens is 496 g/mol. The predicted octanol–water partition coefficient (Wildman–Crippen LogP) is 4.72. The summed E-state index contributed by atoms with van der Waals surface area (Å²) in [6.45, 7) is 8.31. The molecule has 0 aliphatic carbocycles. The molecule has 0 radical (unpaired) electrons. The minimum Gasteiger partial charge on any atom is -0.385 e. The Morgan fingerprint density at radius 3 is 2.28 bits per heavy atom. The van der Waals surface area contributed by atoms with Gasteiger partial charge < -0.3 is 16.0 Å². The fourth-order valence-corrected chi connectivity index (χ4v) is 6.27. The first-order valence-corrected chi connectivity index (χ1v) is 14.6. The van der Waals surface area contributed by atoms with Gasteiger partial charge in [0.15, 0.2) is 0 Å². The van der Waals surface area contributed by atoms with Crippen molar-refractivity contribution in [2.24, 2.45) is 11.7 Å². The van der Waals surface area contributed by atoms with E-state index in [-0.39, 0.29) is 17.4 Å². The number of sulfonamides is 1. The molecule has 1 heterocycles. The van der Waals surface area contributed by atoms with Crippen molar-refractivity contribution in [3.8, 4) is 0 Å². The van der Waals surface area contributed by atoms with E-state index in [9.17, 15) is 13.2 Å². The predicted molar refractivity (Wildman–Crippen MR) is 146 cm³/mol. The van der Waals surface area contributed by atoms with Crippen LogP contribution in [0.4, 0.5) is 5.69 Å². The van der Waals surface area contributed by atoms with Gasteiger partial charge in [-0.2, -0.15) is 4.31 Å². The first-order chi connectivity index (χ1) is 17.2. The van der Waals surface area contributed by atoms with Crippen LogP contribution in [0.3, 0.4) is 0 Å². The zero-order valence-electron chi connectivity index (χ0n) is 21.3. The van der Waals surface area contributed by atoms with Crippen LogP contribution in [0.15, 0.2) is 53.4 Å². The molecule has 0 saturated carbocycles. The van der Waals surface area contributed by atoms with Crippen molar-refractivity contribution in [2.45, 2.75) is 63.4 Å². The molecule has 1 aliphatic rings. The normalized spacial score (nSPS) is 15.8. The van der Waals surface area contributed by atoms with Crippen LogP contribution >= 0.6 is 11.6 Å². The second-order valence-electron chi connectivity index (χ2n) is 9.93. The van der Waals surface area contributed by atoms with Gasteiger partial charge in [0.05, 0.1) is 4.90 Å². The van der Waals surface area contributed by atoms with Gasteiger partial charge in [-0.3, -0.25) is 4.79 Å². The summed E-state index contributed by atoms with van der Waals surface area (Å²) in [6, 6.07) is 12.7. The first-order valence-electron chi connectivity index (χ1n) is 12.8. The molecule has 1 aliphatic heterocycles. The fraction of sp³-hybridized carbons (Fsp3) is 0.519. The number of amides is 1. The number of rotatable bonds is 13. The lowest BCUT2D eigenvalue weighted by Gasteiger charge is -2.30. The molecule has 3 N–H and O–H groups in total. The summed E-state index contributed by atoms with van der Waals surface area (Å²) in [4.78, 5) is 15.0. The summed E-state index contributed by atoms with van der Waals surface area (Å²) < 4.78 is 28.4. The van der Waals surface area contributed by atoms with E-state index in [0.717, 1.165) is 30.8 Å². The third-order valence-electron chi connectivity index (χ3n) is 6.51.